The first-order valence-corrected chi connectivity index (χ1v) is 24.1. The molecule has 8 aromatic carbocycles. The van der Waals surface area contributed by atoms with Crippen LogP contribution < -0.4 is 4.74 Å². The third kappa shape index (κ3) is 5.13. The maximum Gasteiger partial charge on any atom is 0.137 e. The van der Waals surface area contributed by atoms with Gasteiger partial charge >= 0.3 is 0 Å². The lowest BCUT2D eigenvalue weighted by Crippen LogP contribution is -2.32. The Hall–Kier alpha value is -9.59. The molecule has 7 nitrogen and oxygen atoms in total. The molecule has 0 radical (unpaired) electrons. The standard InChI is InChI=1S/C64H38N6O/c1-7-21-53-43(14-1)44-15-2-8-22-54(44)68(53)41-29-32-61(66-37-41)70-57-25-11-5-18-47(57)48-34-39(27-30-58(48)70)40-28-31-60-51(35-40)64(49-19-6-12-26-59(49)71-60)50-20-13-33-65-62(50)63-52(64)36-42(38-67-63)69-55-23-9-3-16-45(55)46-17-4-10-24-56(46)69/h1-38H. The molecule has 1 unspecified atom stereocenters. The summed E-state index contributed by atoms with van der Waals surface area (Å²) in [7, 11) is 0. The van der Waals surface area contributed by atoms with E-state index in [0.29, 0.717) is 0 Å². The number of hydrogen-bond donors (Lipinski definition) is 0. The summed E-state index contributed by atoms with van der Waals surface area (Å²) in [6, 6.07) is 76.1. The number of fused-ring (bicyclic) bond motifs is 18. The fourth-order valence-electron chi connectivity index (χ4n) is 12.3. The van der Waals surface area contributed by atoms with Crippen LogP contribution in [0, 0.1) is 0 Å². The molecule has 6 aromatic heterocycles. The van der Waals surface area contributed by atoms with E-state index in [2.05, 4.69) is 226 Å². The van der Waals surface area contributed by atoms with Gasteiger partial charge in [0.05, 0.1) is 73.7 Å². The topological polar surface area (TPSA) is 62.7 Å². The number of benzene rings is 8. The Morgan fingerprint density at radius 2 is 0.831 bits per heavy atom. The zero-order valence-electron chi connectivity index (χ0n) is 38.0. The number of rotatable bonds is 4. The Labute approximate surface area is 406 Å². The van der Waals surface area contributed by atoms with Crippen molar-refractivity contribution in [3.05, 3.63) is 253 Å². The van der Waals surface area contributed by atoms with Gasteiger partial charge in [-0.05, 0) is 102 Å². The van der Waals surface area contributed by atoms with Gasteiger partial charge in [-0.2, -0.15) is 0 Å². The van der Waals surface area contributed by atoms with Crippen LogP contribution in [0.5, 0.6) is 11.5 Å². The molecule has 0 saturated heterocycles. The van der Waals surface area contributed by atoms with Crippen molar-refractivity contribution >= 4 is 65.4 Å². The van der Waals surface area contributed by atoms with Gasteiger partial charge in [-0.25, -0.2) is 4.98 Å². The molecule has 1 spiro atoms. The van der Waals surface area contributed by atoms with Crippen LogP contribution in [0.2, 0.25) is 0 Å². The molecule has 330 valence electrons. The van der Waals surface area contributed by atoms with Gasteiger partial charge in [0.15, 0.2) is 0 Å². The Morgan fingerprint density at radius 1 is 0.324 bits per heavy atom. The lowest BCUT2D eigenvalue weighted by Gasteiger charge is -2.39. The van der Waals surface area contributed by atoms with E-state index in [9.17, 15) is 0 Å². The van der Waals surface area contributed by atoms with Crippen LogP contribution in [-0.4, -0.2) is 28.7 Å². The minimum atomic E-state index is -0.780. The SMILES string of the molecule is c1ccc2c(c1)Oc1ccc(-c3ccc4c(c3)c3ccccc3n4-c3ccc(-n4c5ccccc5c5ccccc54)cn3)cc1C21c2cccnc2-c2ncc(-n3c4ccccc4c4ccccc43)cc21. The van der Waals surface area contributed by atoms with Crippen molar-refractivity contribution < 1.29 is 4.74 Å². The van der Waals surface area contributed by atoms with Crippen LogP contribution in [-0.2, 0) is 5.41 Å². The van der Waals surface area contributed by atoms with E-state index >= 15 is 0 Å². The Bertz CT molecular complexity index is 4470. The highest BCUT2D eigenvalue weighted by Crippen LogP contribution is 2.62. The van der Waals surface area contributed by atoms with Crippen LogP contribution in [0.15, 0.2) is 231 Å². The molecule has 0 saturated carbocycles. The summed E-state index contributed by atoms with van der Waals surface area (Å²) in [6.45, 7) is 0. The van der Waals surface area contributed by atoms with Crippen LogP contribution >= 0.6 is 0 Å². The van der Waals surface area contributed by atoms with Gasteiger partial charge in [0, 0.05) is 55.2 Å². The monoisotopic (exact) mass is 906 g/mol. The van der Waals surface area contributed by atoms with Gasteiger partial charge in [-0.15, -0.1) is 0 Å². The highest BCUT2D eigenvalue weighted by atomic mass is 16.5. The van der Waals surface area contributed by atoms with Crippen LogP contribution in [0.3, 0.4) is 0 Å². The summed E-state index contributed by atoms with van der Waals surface area (Å²) < 4.78 is 13.9. The average Bonchev–Trinajstić information content (AvgIpc) is 4.15. The molecule has 1 aliphatic heterocycles. The second kappa shape index (κ2) is 14.2. The maximum absolute atomic E-state index is 6.90. The lowest BCUT2D eigenvalue weighted by atomic mass is 9.66. The number of para-hydroxylation sites is 6. The van der Waals surface area contributed by atoms with Crippen molar-refractivity contribution in [3.63, 3.8) is 0 Å². The minimum absolute atomic E-state index is 0.780. The van der Waals surface area contributed by atoms with E-state index < -0.39 is 5.41 Å². The first-order chi connectivity index (χ1) is 35.2. The lowest BCUT2D eigenvalue weighted by molar-refractivity contribution is 0.436. The zero-order chi connectivity index (χ0) is 46.4. The largest absolute Gasteiger partial charge is 0.457 e. The minimum Gasteiger partial charge on any atom is -0.457 e. The van der Waals surface area contributed by atoms with Crippen molar-refractivity contribution in [2.24, 2.45) is 0 Å². The average molecular weight is 907 g/mol. The fourth-order valence-corrected chi connectivity index (χ4v) is 12.3. The highest BCUT2D eigenvalue weighted by Gasteiger charge is 2.52. The predicted octanol–water partition coefficient (Wildman–Crippen LogP) is 15.3. The molecule has 0 fully saturated rings. The molecule has 7 heteroatoms. The highest BCUT2D eigenvalue weighted by molar-refractivity contribution is 6.12. The summed E-state index contributed by atoms with van der Waals surface area (Å²) in [5.74, 6) is 2.50. The molecule has 14 aromatic rings. The molecule has 0 amide bonds. The molecule has 7 heterocycles. The third-order valence-corrected chi connectivity index (χ3v) is 15.3. The quantitative estimate of drug-likeness (QED) is 0.176. The van der Waals surface area contributed by atoms with Crippen LogP contribution in [0.25, 0.3) is 105 Å². The fraction of sp³-hybridized carbons (Fsp3) is 0.0156. The zero-order valence-corrected chi connectivity index (χ0v) is 38.0. The normalized spacial score (nSPS) is 14.6. The molecule has 71 heavy (non-hydrogen) atoms. The molecule has 1 aliphatic carbocycles. The van der Waals surface area contributed by atoms with Crippen LogP contribution in [0.1, 0.15) is 22.3 Å². The molecular weight excluding hydrogens is 869 g/mol. The van der Waals surface area contributed by atoms with E-state index in [1.54, 1.807) is 0 Å². The number of aromatic nitrogens is 6. The summed E-state index contributed by atoms with van der Waals surface area (Å²) in [5.41, 5.74) is 16.3. The van der Waals surface area contributed by atoms with E-state index in [0.717, 1.165) is 117 Å². The van der Waals surface area contributed by atoms with E-state index in [-0.39, 0.29) is 0 Å². The number of ether oxygens (including phenoxy) is 1. The van der Waals surface area contributed by atoms with Gasteiger partial charge in [-0.1, -0.05) is 127 Å². The van der Waals surface area contributed by atoms with E-state index in [4.69, 9.17) is 19.7 Å². The van der Waals surface area contributed by atoms with Gasteiger partial charge in [0.1, 0.15) is 17.3 Å². The van der Waals surface area contributed by atoms with Crippen molar-refractivity contribution in [2.45, 2.75) is 5.41 Å². The van der Waals surface area contributed by atoms with Crippen molar-refractivity contribution in [3.8, 4) is 51.2 Å². The molecule has 0 bridgehead atoms. The summed E-state index contributed by atoms with van der Waals surface area (Å²) in [6.07, 6.45) is 5.90. The van der Waals surface area contributed by atoms with Gasteiger partial charge in [0.2, 0.25) is 0 Å². The number of nitrogens with zero attached hydrogens (tertiary/aromatic N) is 6. The molecule has 0 N–H and O–H groups in total. The van der Waals surface area contributed by atoms with Crippen molar-refractivity contribution in [2.75, 3.05) is 0 Å². The van der Waals surface area contributed by atoms with Crippen molar-refractivity contribution in [1.82, 2.24) is 28.7 Å². The van der Waals surface area contributed by atoms with Gasteiger partial charge < -0.3 is 13.9 Å². The van der Waals surface area contributed by atoms with E-state index in [1.807, 2.05) is 18.6 Å². The van der Waals surface area contributed by atoms with Crippen LogP contribution in [0.4, 0.5) is 0 Å². The predicted molar refractivity (Wildman–Crippen MR) is 286 cm³/mol. The Kier molecular flexibility index (Phi) is 7.69. The number of pyridine rings is 3. The molecular formula is C64H38N6O. The maximum atomic E-state index is 6.90. The molecule has 1 atom stereocenters. The van der Waals surface area contributed by atoms with Gasteiger partial charge in [-0.3, -0.25) is 14.5 Å². The summed E-state index contributed by atoms with van der Waals surface area (Å²) in [4.78, 5) is 15.6. The summed E-state index contributed by atoms with van der Waals surface area (Å²) >= 11 is 0. The van der Waals surface area contributed by atoms with Gasteiger partial charge in [0.25, 0.3) is 0 Å². The first kappa shape index (κ1) is 38.4. The first-order valence-electron chi connectivity index (χ1n) is 24.1. The molecule has 2 aliphatic rings. The number of hydrogen-bond acceptors (Lipinski definition) is 4. The summed E-state index contributed by atoms with van der Waals surface area (Å²) in [5, 5.41) is 7.19. The second-order valence-electron chi connectivity index (χ2n) is 18.7. The Balaban J connectivity index is 0.872. The second-order valence-corrected chi connectivity index (χ2v) is 18.7. The van der Waals surface area contributed by atoms with E-state index in [1.165, 1.54) is 21.5 Å². The smallest absolute Gasteiger partial charge is 0.137 e. The third-order valence-electron chi connectivity index (χ3n) is 15.3. The van der Waals surface area contributed by atoms with Crippen molar-refractivity contribution in [1.29, 1.82) is 0 Å². The molecule has 16 rings (SSSR count). The Morgan fingerprint density at radius 3 is 1.49 bits per heavy atom.